The zero-order valence-corrected chi connectivity index (χ0v) is 14.0. The molecule has 22 heavy (non-hydrogen) atoms. The summed E-state index contributed by atoms with van der Waals surface area (Å²) < 4.78 is 0. The van der Waals surface area contributed by atoms with Gasteiger partial charge in [-0.05, 0) is 38.5 Å². The lowest BCUT2D eigenvalue weighted by molar-refractivity contribution is -0.137. The van der Waals surface area contributed by atoms with E-state index < -0.39 is 17.5 Å². The number of benzene rings is 1. The minimum Gasteiger partial charge on any atom is -0.481 e. The van der Waals surface area contributed by atoms with Crippen molar-refractivity contribution in [2.45, 2.75) is 32.2 Å². The second kappa shape index (κ2) is 7.35. The van der Waals surface area contributed by atoms with Crippen LogP contribution < -0.4 is 15.5 Å². The largest absolute Gasteiger partial charge is 0.481 e. The lowest BCUT2D eigenvalue weighted by Gasteiger charge is -2.26. The Morgan fingerprint density at radius 3 is 2.50 bits per heavy atom. The first-order valence-corrected chi connectivity index (χ1v) is 7.26. The molecule has 0 atom stereocenters. The van der Waals surface area contributed by atoms with Crippen molar-refractivity contribution in [3.05, 3.63) is 23.2 Å². The van der Waals surface area contributed by atoms with Crippen LogP contribution in [0.4, 0.5) is 16.2 Å². The quantitative estimate of drug-likeness (QED) is 0.749. The highest BCUT2D eigenvalue weighted by Crippen LogP contribution is 2.27. The van der Waals surface area contributed by atoms with Gasteiger partial charge in [-0.2, -0.15) is 0 Å². The molecule has 7 heteroatoms. The number of anilines is 2. The van der Waals surface area contributed by atoms with Crippen molar-refractivity contribution in [1.29, 1.82) is 0 Å². The van der Waals surface area contributed by atoms with Gasteiger partial charge in [0.05, 0.1) is 11.4 Å². The fraction of sp³-hybridized carbons (Fsp3) is 0.467. The first kappa shape index (κ1) is 18.1. The predicted molar refractivity (Wildman–Crippen MR) is 88.9 cm³/mol. The monoisotopic (exact) mass is 327 g/mol. The zero-order chi connectivity index (χ0) is 16.9. The fourth-order valence-electron chi connectivity index (χ4n) is 1.94. The maximum absolute atomic E-state index is 12.1. The van der Waals surface area contributed by atoms with Crippen molar-refractivity contribution in [2.24, 2.45) is 0 Å². The van der Waals surface area contributed by atoms with Crippen LogP contribution in [0.1, 0.15) is 26.7 Å². The molecule has 0 heterocycles. The molecule has 122 valence electrons. The van der Waals surface area contributed by atoms with E-state index >= 15 is 0 Å². The Bertz CT molecular complexity index is 559. The predicted octanol–water partition coefficient (Wildman–Crippen LogP) is 3.17. The van der Waals surface area contributed by atoms with E-state index in [1.54, 1.807) is 26.0 Å². The Kier molecular flexibility index (Phi) is 6.05. The van der Waals surface area contributed by atoms with Crippen molar-refractivity contribution >= 4 is 35.0 Å². The van der Waals surface area contributed by atoms with Crippen LogP contribution in [-0.4, -0.2) is 36.7 Å². The summed E-state index contributed by atoms with van der Waals surface area (Å²) in [6, 6.07) is 4.83. The summed E-state index contributed by atoms with van der Waals surface area (Å²) in [4.78, 5) is 24.6. The topological polar surface area (TPSA) is 81.7 Å². The molecular weight excluding hydrogens is 306 g/mol. The fourth-order valence-corrected chi connectivity index (χ4v) is 2.11. The molecule has 0 bridgehead atoms. The van der Waals surface area contributed by atoms with E-state index in [1.807, 2.05) is 25.1 Å². The molecular formula is C15H22ClN3O3. The number of amides is 2. The summed E-state index contributed by atoms with van der Waals surface area (Å²) >= 11 is 5.97. The number of carboxylic acids is 1. The lowest BCUT2D eigenvalue weighted by atomic mass is 9.99. The standard InChI is InChI=1S/C15H22ClN3O3/c1-15(2,8-7-13(20)21)18-14(22)17-11-9-10(16)5-6-12(11)19(3)4/h5-6,9H,7-8H2,1-4H3,(H,20,21)(H2,17,18,22). The minimum atomic E-state index is -0.889. The van der Waals surface area contributed by atoms with Crippen molar-refractivity contribution in [2.75, 3.05) is 24.3 Å². The summed E-state index contributed by atoms with van der Waals surface area (Å²) in [7, 11) is 3.73. The smallest absolute Gasteiger partial charge is 0.319 e. The second-order valence-corrected chi connectivity index (χ2v) is 6.35. The van der Waals surface area contributed by atoms with Crippen molar-refractivity contribution in [3.8, 4) is 0 Å². The summed E-state index contributed by atoms with van der Waals surface area (Å²) in [6.45, 7) is 3.56. The highest BCUT2D eigenvalue weighted by molar-refractivity contribution is 6.31. The molecule has 2 amide bonds. The number of aliphatic carboxylic acids is 1. The molecule has 0 aliphatic rings. The van der Waals surface area contributed by atoms with Gasteiger partial charge < -0.3 is 20.6 Å². The van der Waals surface area contributed by atoms with Crippen molar-refractivity contribution in [1.82, 2.24) is 5.32 Å². The molecule has 0 aromatic heterocycles. The molecule has 0 saturated heterocycles. The van der Waals surface area contributed by atoms with Gasteiger partial charge in [0.2, 0.25) is 0 Å². The molecule has 0 aliphatic heterocycles. The third-order valence-electron chi connectivity index (χ3n) is 3.10. The first-order chi connectivity index (χ1) is 10.1. The third-order valence-corrected chi connectivity index (χ3v) is 3.34. The number of rotatable bonds is 6. The van der Waals surface area contributed by atoms with E-state index in [1.165, 1.54) is 0 Å². The van der Waals surface area contributed by atoms with Gasteiger partial charge >= 0.3 is 12.0 Å². The molecule has 0 saturated carbocycles. The van der Waals surface area contributed by atoms with Gasteiger partial charge in [0.15, 0.2) is 0 Å². The van der Waals surface area contributed by atoms with E-state index in [0.29, 0.717) is 17.1 Å². The van der Waals surface area contributed by atoms with Crippen LogP contribution in [0.25, 0.3) is 0 Å². The van der Waals surface area contributed by atoms with Crippen LogP contribution in [0.3, 0.4) is 0 Å². The maximum atomic E-state index is 12.1. The van der Waals surface area contributed by atoms with Crippen LogP contribution in [0.5, 0.6) is 0 Å². The zero-order valence-electron chi connectivity index (χ0n) is 13.2. The normalized spacial score (nSPS) is 11.0. The number of halogens is 1. The van der Waals surface area contributed by atoms with Crippen molar-refractivity contribution < 1.29 is 14.7 Å². The van der Waals surface area contributed by atoms with Gasteiger partial charge in [-0.15, -0.1) is 0 Å². The highest BCUT2D eigenvalue weighted by atomic mass is 35.5. The van der Waals surface area contributed by atoms with Gasteiger partial charge in [0.25, 0.3) is 0 Å². The molecule has 0 spiro atoms. The Labute approximate surface area is 135 Å². The summed E-state index contributed by atoms with van der Waals surface area (Å²) in [5.41, 5.74) is 0.784. The number of hydrogen-bond donors (Lipinski definition) is 3. The number of nitrogens with zero attached hydrogens (tertiary/aromatic N) is 1. The van der Waals surface area contributed by atoms with E-state index in [-0.39, 0.29) is 6.42 Å². The first-order valence-electron chi connectivity index (χ1n) is 6.88. The van der Waals surface area contributed by atoms with Gasteiger partial charge in [0.1, 0.15) is 0 Å². The lowest BCUT2D eigenvalue weighted by Crippen LogP contribution is -2.45. The molecule has 1 aromatic carbocycles. The number of urea groups is 1. The van der Waals surface area contributed by atoms with Crippen LogP contribution >= 0.6 is 11.6 Å². The number of nitrogens with one attached hydrogen (secondary N) is 2. The van der Waals surface area contributed by atoms with Crippen LogP contribution in [0.2, 0.25) is 5.02 Å². The Hall–Kier alpha value is -1.95. The highest BCUT2D eigenvalue weighted by Gasteiger charge is 2.22. The van der Waals surface area contributed by atoms with Gasteiger partial charge in [-0.25, -0.2) is 4.79 Å². The summed E-state index contributed by atoms with van der Waals surface area (Å²) in [6.07, 6.45) is 0.333. The SMILES string of the molecule is CN(C)c1ccc(Cl)cc1NC(=O)NC(C)(C)CCC(=O)O. The molecule has 0 radical (unpaired) electrons. The Morgan fingerprint density at radius 1 is 1.32 bits per heavy atom. The molecule has 0 aliphatic carbocycles. The number of carbonyl (C=O) groups excluding carboxylic acids is 1. The summed E-state index contributed by atoms with van der Waals surface area (Å²) in [5.74, 6) is -0.889. The van der Waals surface area contributed by atoms with E-state index in [9.17, 15) is 9.59 Å². The van der Waals surface area contributed by atoms with Gasteiger partial charge in [-0.3, -0.25) is 4.79 Å². The van der Waals surface area contributed by atoms with Crippen molar-refractivity contribution in [3.63, 3.8) is 0 Å². The molecule has 3 N–H and O–H groups in total. The van der Waals surface area contributed by atoms with Gasteiger partial charge in [0, 0.05) is 31.1 Å². The van der Waals surface area contributed by atoms with E-state index in [4.69, 9.17) is 16.7 Å². The number of hydrogen-bond acceptors (Lipinski definition) is 3. The molecule has 0 fully saturated rings. The third kappa shape index (κ3) is 5.81. The second-order valence-electron chi connectivity index (χ2n) is 5.91. The average Bonchev–Trinajstić information content (AvgIpc) is 2.35. The Balaban J connectivity index is 2.76. The van der Waals surface area contributed by atoms with Gasteiger partial charge in [-0.1, -0.05) is 11.6 Å². The summed E-state index contributed by atoms with van der Waals surface area (Å²) in [5, 5.41) is 14.8. The molecule has 6 nitrogen and oxygen atoms in total. The van der Waals surface area contributed by atoms with Crippen LogP contribution in [-0.2, 0) is 4.79 Å². The molecule has 1 rings (SSSR count). The van der Waals surface area contributed by atoms with Crippen LogP contribution in [0, 0.1) is 0 Å². The van der Waals surface area contributed by atoms with E-state index in [2.05, 4.69) is 10.6 Å². The maximum Gasteiger partial charge on any atom is 0.319 e. The average molecular weight is 328 g/mol. The molecule has 0 unspecified atom stereocenters. The van der Waals surface area contributed by atoms with Crippen LogP contribution in [0.15, 0.2) is 18.2 Å². The Morgan fingerprint density at radius 2 is 1.95 bits per heavy atom. The molecule has 1 aromatic rings. The number of carboxylic acid groups (broad SMARTS) is 1. The van der Waals surface area contributed by atoms with E-state index in [0.717, 1.165) is 5.69 Å². The number of carbonyl (C=O) groups is 2. The minimum absolute atomic E-state index is 0.00655.